The Labute approximate surface area is 159 Å². The van der Waals surface area contributed by atoms with E-state index in [4.69, 9.17) is 4.52 Å². The second kappa shape index (κ2) is 7.87. The Bertz CT molecular complexity index is 1150. The second-order valence-electron chi connectivity index (χ2n) is 6.11. The van der Waals surface area contributed by atoms with E-state index in [9.17, 15) is 14.4 Å². The Morgan fingerprint density at radius 2 is 1.46 bits per heavy atom. The van der Waals surface area contributed by atoms with Crippen LogP contribution in [-0.2, 0) is 19.6 Å². The number of nitrogens with zero attached hydrogens (tertiary/aromatic N) is 5. The van der Waals surface area contributed by atoms with Gasteiger partial charge in [-0.25, -0.2) is 28.1 Å². The predicted octanol–water partition coefficient (Wildman–Crippen LogP) is 0.950. The highest BCUT2D eigenvalue weighted by Gasteiger charge is 2.17. The highest BCUT2D eigenvalue weighted by atomic mass is 16.5. The Balaban J connectivity index is 2.05. The number of benzene rings is 1. The van der Waals surface area contributed by atoms with Crippen LogP contribution in [0.2, 0.25) is 0 Å². The van der Waals surface area contributed by atoms with Crippen LogP contribution < -0.4 is 17.1 Å². The molecule has 0 bridgehead atoms. The van der Waals surface area contributed by atoms with Gasteiger partial charge in [0, 0.05) is 5.56 Å². The van der Waals surface area contributed by atoms with E-state index in [0.29, 0.717) is 5.82 Å². The first-order chi connectivity index (χ1) is 13.5. The molecule has 0 saturated heterocycles. The zero-order valence-corrected chi connectivity index (χ0v) is 15.4. The molecule has 3 rings (SSSR count). The van der Waals surface area contributed by atoms with Crippen LogP contribution in [0, 0.1) is 6.92 Å². The normalized spacial score (nSPS) is 10.8. The molecular weight excluding hydrogens is 362 g/mol. The Hall–Kier alpha value is -3.75. The van der Waals surface area contributed by atoms with Gasteiger partial charge in [-0.2, -0.15) is 4.98 Å². The maximum absolute atomic E-state index is 12.6. The van der Waals surface area contributed by atoms with Crippen molar-refractivity contribution in [3.05, 3.63) is 92.5 Å². The molecule has 0 spiro atoms. The van der Waals surface area contributed by atoms with Crippen molar-refractivity contribution in [2.75, 3.05) is 0 Å². The van der Waals surface area contributed by atoms with Gasteiger partial charge in [0.25, 0.3) is 0 Å². The molecular formula is C19H19N5O4. The van der Waals surface area contributed by atoms with E-state index in [1.165, 1.54) is 12.2 Å². The summed E-state index contributed by atoms with van der Waals surface area (Å²) in [5.41, 5.74) is -0.438. The van der Waals surface area contributed by atoms with E-state index in [-0.39, 0.29) is 25.5 Å². The minimum atomic E-state index is -0.773. The quantitative estimate of drug-likeness (QED) is 0.564. The summed E-state index contributed by atoms with van der Waals surface area (Å²) in [6.07, 6.45) is 2.80. The fourth-order valence-electron chi connectivity index (χ4n) is 2.66. The van der Waals surface area contributed by atoms with Gasteiger partial charge in [-0.1, -0.05) is 47.1 Å². The largest absolute Gasteiger partial charge is 0.337 e. The maximum atomic E-state index is 12.6. The Morgan fingerprint density at radius 1 is 0.929 bits per heavy atom. The van der Waals surface area contributed by atoms with Crippen molar-refractivity contribution in [2.45, 2.75) is 26.6 Å². The van der Waals surface area contributed by atoms with E-state index >= 15 is 0 Å². The number of rotatable bonds is 7. The van der Waals surface area contributed by atoms with E-state index < -0.39 is 17.1 Å². The lowest BCUT2D eigenvalue weighted by molar-refractivity contribution is 0.360. The van der Waals surface area contributed by atoms with Gasteiger partial charge in [-0.3, -0.25) is 0 Å². The van der Waals surface area contributed by atoms with Crippen LogP contribution >= 0.6 is 0 Å². The van der Waals surface area contributed by atoms with Gasteiger partial charge >= 0.3 is 17.1 Å². The summed E-state index contributed by atoms with van der Waals surface area (Å²) in [7, 11) is 0. The van der Waals surface area contributed by atoms with E-state index in [2.05, 4.69) is 23.3 Å². The van der Waals surface area contributed by atoms with E-state index in [1.54, 1.807) is 0 Å². The molecule has 0 aliphatic rings. The first kappa shape index (κ1) is 19.0. The number of hydrogen-bond donors (Lipinski definition) is 0. The summed E-state index contributed by atoms with van der Waals surface area (Å²) >= 11 is 0. The molecule has 144 valence electrons. The second-order valence-corrected chi connectivity index (χ2v) is 6.11. The minimum absolute atomic E-state index is 0.0342. The molecule has 0 aliphatic heterocycles. The van der Waals surface area contributed by atoms with Crippen molar-refractivity contribution in [2.24, 2.45) is 0 Å². The van der Waals surface area contributed by atoms with Gasteiger partial charge in [0.15, 0.2) is 0 Å². The van der Waals surface area contributed by atoms with Crippen LogP contribution in [0.5, 0.6) is 0 Å². The average Bonchev–Trinajstić information content (AvgIpc) is 3.15. The fourth-order valence-corrected chi connectivity index (χ4v) is 2.66. The van der Waals surface area contributed by atoms with Gasteiger partial charge in [0.1, 0.15) is 6.54 Å². The molecule has 9 heteroatoms. The van der Waals surface area contributed by atoms with Crippen LogP contribution in [0.1, 0.15) is 11.5 Å². The highest BCUT2D eigenvalue weighted by Crippen LogP contribution is 2.16. The molecule has 0 radical (unpaired) electrons. The first-order valence-corrected chi connectivity index (χ1v) is 8.52. The van der Waals surface area contributed by atoms with E-state index in [1.807, 2.05) is 31.2 Å². The molecule has 0 N–H and O–H groups in total. The number of aromatic nitrogens is 5. The summed E-state index contributed by atoms with van der Waals surface area (Å²) < 4.78 is 7.90. The molecule has 28 heavy (non-hydrogen) atoms. The topological polar surface area (TPSA) is 105 Å². The molecule has 3 aromatic rings. The van der Waals surface area contributed by atoms with Crippen molar-refractivity contribution < 1.29 is 4.52 Å². The number of allylic oxidation sites excluding steroid dienone is 2. The summed E-state index contributed by atoms with van der Waals surface area (Å²) in [5, 5.41) is 3.90. The molecule has 0 atom stereocenters. The molecule has 0 amide bonds. The maximum Gasteiger partial charge on any atom is 0.337 e. The molecule has 0 saturated carbocycles. The van der Waals surface area contributed by atoms with Crippen LogP contribution in [0.15, 0.2) is 68.5 Å². The molecule has 0 aliphatic carbocycles. The molecule has 1 aromatic carbocycles. The Kier molecular flexibility index (Phi) is 5.35. The zero-order chi connectivity index (χ0) is 20.3. The standard InChI is InChI=1S/C19H19N5O4/c1-4-10-22-17(25)23(11-5-2)19(27)24(18(22)26)12-15-20-16(21-28-15)14-8-6-13(3)7-9-14/h4-9H,1-2,10-12H2,3H3. The van der Waals surface area contributed by atoms with Crippen LogP contribution in [0.25, 0.3) is 11.4 Å². The van der Waals surface area contributed by atoms with Gasteiger partial charge in [-0.15, -0.1) is 13.2 Å². The van der Waals surface area contributed by atoms with Crippen molar-refractivity contribution in [1.29, 1.82) is 0 Å². The van der Waals surface area contributed by atoms with Crippen molar-refractivity contribution in [3.63, 3.8) is 0 Å². The smallest absolute Gasteiger partial charge is 0.337 e. The Morgan fingerprint density at radius 3 is 2.00 bits per heavy atom. The van der Waals surface area contributed by atoms with E-state index in [0.717, 1.165) is 24.8 Å². The minimum Gasteiger partial charge on any atom is -0.337 e. The van der Waals surface area contributed by atoms with Gasteiger partial charge in [0.05, 0.1) is 13.1 Å². The number of hydrogen-bond acceptors (Lipinski definition) is 6. The van der Waals surface area contributed by atoms with Crippen molar-refractivity contribution in [1.82, 2.24) is 23.8 Å². The lowest BCUT2D eigenvalue weighted by Gasteiger charge is -2.10. The van der Waals surface area contributed by atoms with Crippen LogP contribution in [0.3, 0.4) is 0 Å². The van der Waals surface area contributed by atoms with Gasteiger partial charge < -0.3 is 4.52 Å². The third-order valence-corrected chi connectivity index (χ3v) is 4.08. The van der Waals surface area contributed by atoms with Crippen LogP contribution in [-0.4, -0.2) is 23.8 Å². The van der Waals surface area contributed by atoms with Gasteiger partial charge in [0.2, 0.25) is 11.7 Å². The third-order valence-electron chi connectivity index (χ3n) is 4.08. The van der Waals surface area contributed by atoms with Gasteiger partial charge in [-0.05, 0) is 6.92 Å². The third kappa shape index (κ3) is 3.54. The summed E-state index contributed by atoms with van der Waals surface area (Å²) in [6.45, 7) is 8.71. The zero-order valence-electron chi connectivity index (χ0n) is 15.4. The molecule has 0 unspecified atom stereocenters. The van der Waals surface area contributed by atoms with Crippen molar-refractivity contribution >= 4 is 0 Å². The predicted molar refractivity (Wildman–Crippen MR) is 103 cm³/mol. The first-order valence-electron chi connectivity index (χ1n) is 8.52. The highest BCUT2D eigenvalue weighted by molar-refractivity contribution is 5.54. The lowest BCUT2D eigenvalue weighted by Crippen LogP contribution is -2.54. The summed E-state index contributed by atoms with van der Waals surface area (Å²) in [6, 6.07) is 7.51. The summed E-state index contributed by atoms with van der Waals surface area (Å²) in [4.78, 5) is 41.9. The molecule has 2 aromatic heterocycles. The SMILES string of the molecule is C=CCn1c(=O)n(CC=C)c(=O)n(Cc2nc(-c3ccc(C)cc3)no2)c1=O. The monoisotopic (exact) mass is 381 g/mol. The fraction of sp³-hybridized carbons (Fsp3) is 0.211. The average molecular weight is 381 g/mol. The molecule has 0 fully saturated rings. The molecule has 9 nitrogen and oxygen atoms in total. The lowest BCUT2D eigenvalue weighted by atomic mass is 10.1. The number of aryl methyl sites for hydroxylation is 1. The molecule has 2 heterocycles. The van der Waals surface area contributed by atoms with Crippen LogP contribution in [0.4, 0.5) is 0 Å². The van der Waals surface area contributed by atoms with Crippen molar-refractivity contribution in [3.8, 4) is 11.4 Å². The summed E-state index contributed by atoms with van der Waals surface area (Å²) in [5.74, 6) is 0.414.